The van der Waals surface area contributed by atoms with E-state index in [1.165, 1.54) is 0 Å². The molecule has 113 valence electrons. The van der Waals surface area contributed by atoms with Crippen molar-refractivity contribution in [1.82, 2.24) is 5.73 Å². The highest BCUT2D eigenvalue weighted by Crippen LogP contribution is 2.43. The lowest BCUT2D eigenvalue weighted by Gasteiger charge is -2.21. The van der Waals surface area contributed by atoms with E-state index in [0.717, 1.165) is 0 Å². The summed E-state index contributed by atoms with van der Waals surface area (Å²) in [6.07, 6.45) is 0. The molecule has 0 atom stereocenters. The Labute approximate surface area is 135 Å². The summed E-state index contributed by atoms with van der Waals surface area (Å²) >= 11 is 0. The van der Waals surface area contributed by atoms with Gasteiger partial charge in [0.2, 0.25) is 0 Å². The quantitative estimate of drug-likeness (QED) is 0.694. The van der Waals surface area contributed by atoms with Gasteiger partial charge in [-0.05, 0) is 6.07 Å². The molecule has 0 spiro atoms. The molecule has 1 radical (unpaired) electrons. The molecule has 0 aliphatic rings. The molecule has 0 unspecified atom stereocenters. The molecule has 1 N–H and O–H groups in total. The van der Waals surface area contributed by atoms with Crippen LogP contribution in [0.2, 0.25) is 0 Å². The van der Waals surface area contributed by atoms with Gasteiger partial charge in [0.25, 0.3) is 5.91 Å². The fraction of sp³-hybridized carbons (Fsp3) is 0. The van der Waals surface area contributed by atoms with E-state index < -0.39 is 13.0 Å². The van der Waals surface area contributed by atoms with E-state index in [1.807, 2.05) is 36.4 Å². The molecule has 4 heteroatoms. The number of hydrogen-bond acceptors (Lipinski definition) is 2. The maximum atomic E-state index is 14.1. The highest BCUT2D eigenvalue weighted by atomic mass is 31.2. The van der Waals surface area contributed by atoms with Gasteiger partial charge in [-0.15, -0.1) is 0 Å². The van der Waals surface area contributed by atoms with Crippen LogP contribution >= 0.6 is 7.14 Å². The lowest BCUT2D eigenvalue weighted by Crippen LogP contribution is -2.29. The van der Waals surface area contributed by atoms with Gasteiger partial charge in [0.1, 0.15) is 0 Å². The Morgan fingerprint density at radius 3 is 1.61 bits per heavy atom. The van der Waals surface area contributed by atoms with Gasteiger partial charge in [0, 0.05) is 15.9 Å². The second-order valence-corrected chi connectivity index (χ2v) is 7.86. The summed E-state index contributed by atoms with van der Waals surface area (Å²) < 4.78 is 14.1. The van der Waals surface area contributed by atoms with Gasteiger partial charge in [-0.2, -0.15) is 0 Å². The smallest absolute Gasteiger partial charge is 0.270 e. The van der Waals surface area contributed by atoms with Crippen molar-refractivity contribution >= 4 is 29.0 Å². The minimum Gasteiger partial charge on any atom is -0.309 e. The maximum absolute atomic E-state index is 14.1. The summed E-state index contributed by atoms with van der Waals surface area (Å²) in [4.78, 5) is 11.7. The minimum absolute atomic E-state index is 0.184. The van der Waals surface area contributed by atoms with E-state index in [0.29, 0.717) is 15.9 Å². The van der Waals surface area contributed by atoms with Crippen LogP contribution in [0.15, 0.2) is 84.9 Å². The van der Waals surface area contributed by atoms with Crippen LogP contribution in [0.1, 0.15) is 10.4 Å². The van der Waals surface area contributed by atoms with Crippen LogP contribution in [0.25, 0.3) is 0 Å². The second-order valence-electron chi connectivity index (χ2n) is 5.13. The Balaban J connectivity index is 2.35. The van der Waals surface area contributed by atoms with E-state index in [4.69, 9.17) is 5.73 Å². The van der Waals surface area contributed by atoms with Crippen LogP contribution in [0.4, 0.5) is 0 Å². The second kappa shape index (κ2) is 6.23. The minimum atomic E-state index is -3.21. The lowest BCUT2D eigenvalue weighted by molar-refractivity contribution is 0.0993. The molecule has 0 saturated heterocycles. The van der Waals surface area contributed by atoms with Crippen molar-refractivity contribution < 1.29 is 9.36 Å². The third-order valence-electron chi connectivity index (χ3n) is 3.73. The predicted molar refractivity (Wildman–Crippen MR) is 93.3 cm³/mol. The third kappa shape index (κ3) is 2.71. The number of rotatable bonds is 4. The van der Waals surface area contributed by atoms with Crippen molar-refractivity contribution in [3.05, 3.63) is 90.5 Å². The molecular weight excluding hydrogens is 305 g/mol. The van der Waals surface area contributed by atoms with Crippen molar-refractivity contribution in [2.45, 2.75) is 0 Å². The van der Waals surface area contributed by atoms with Crippen LogP contribution in [0.5, 0.6) is 0 Å². The molecule has 0 fully saturated rings. The molecule has 3 aromatic carbocycles. The first kappa shape index (κ1) is 15.3. The van der Waals surface area contributed by atoms with Crippen molar-refractivity contribution in [1.29, 1.82) is 0 Å². The normalized spacial score (nSPS) is 11.1. The van der Waals surface area contributed by atoms with Crippen LogP contribution in [-0.4, -0.2) is 5.91 Å². The molecule has 0 aliphatic heterocycles. The molecule has 0 aliphatic carbocycles. The number of carbonyl (C=O) groups is 1. The van der Waals surface area contributed by atoms with Crippen LogP contribution in [0.3, 0.4) is 0 Å². The Bertz CT molecular complexity index is 833. The average molecular weight is 320 g/mol. The largest absolute Gasteiger partial charge is 0.309 e. The van der Waals surface area contributed by atoms with Crippen LogP contribution in [-0.2, 0) is 4.57 Å². The van der Waals surface area contributed by atoms with Gasteiger partial charge in [0.15, 0.2) is 7.14 Å². The Kier molecular flexibility index (Phi) is 4.14. The summed E-state index contributed by atoms with van der Waals surface area (Å²) in [5.41, 5.74) is 7.69. The standard InChI is InChI=1S/C19H15NO2P/c20-19(21)17-13-7-8-14-18(17)23(22,15-9-3-1-4-10-15)16-11-5-2-6-12-16/h1-14,20H. The number of hydrogen-bond donors (Lipinski definition) is 0. The zero-order valence-electron chi connectivity index (χ0n) is 12.3. The van der Waals surface area contributed by atoms with E-state index >= 15 is 0 Å². The van der Waals surface area contributed by atoms with E-state index in [1.54, 1.807) is 48.5 Å². The van der Waals surface area contributed by atoms with E-state index in [2.05, 4.69) is 0 Å². The summed E-state index contributed by atoms with van der Waals surface area (Å²) in [6, 6.07) is 24.9. The summed E-state index contributed by atoms with van der Waals surface area (Å²) in [5.74, 6) is -0.826. The highest BCUT2D eigenvalue weighted by molar-refractivity contribution is 7.85. The molecule has 0 saturated carbocycles. The SMILES string of the molecule is [NH]C(=O)c1ccccc1P(=O)(c1ccccc1)c1ccccc1. The van der Waals surface area contributed by atoms with Gasteiger partial charge in [0.05, 0.1) is 5.56 Å². The number of nitrogens with one attached hydrogen (secondary N) is 1. The first-order chi connectivity index (χ1) is 11.1. The molecule has 23 heavy (non-hydrogen) atoms. The van der Waals surface area contributed by atoms with E-state index in [-0.39, 0.29) is 5.56 Å². The average Bonchev–Trinajstić information content (AvgIpc) is 2.62. The monoisotopic (exact) mass is 320 g/mol. The molecule has 0 heterocycles. The van der Waals surface area contributed by atoms with Crippen LogP contribution < -0.4 is 21.6 Å². The predicted octanol–water partition coefficient (Wildman–Crippen LogP) is 2.75. The van der Waals surface area contributed by atoms with Crippen molar-refractivity contribution in [2.24, 2.45) is 0 Å². The Morgan fingerprint density at radius 2 is 1.13 bits per heavy atom. The Morgan fingerprint density at radius 1 is 0.696 bits per heavy atom. The van der Waals surface area contributed by atoms with Gasteiger partial charge in [-0.1, -0.05) is 78.9 Å². The number of carbonyl (C=O) groups excluding carboxylic acids is 1. The maximum Gasteiger partial charge on any atom is 0.270 e. The zero-order chi connectivity index (χ0) is 16.3. The summed E-state index contributed by atoms with van der Waals surface area (Å²) in [5, 5.41) is 1.72. The molecule has 3 aromatic rings. The first-order valence-corrected chi connectivity index (χ1v) is 8.91. The Hall–Kier alpha value is -2.64. The molecule has 3 rings (SSSR count). The lowest BCUT2D eigenvalue weighted by atomic mass is 10.2. The third-order valence-corrected chi connectivity index (χ3v) is 6.85. The molecule has 1 amide bonds. The fourth-order valence-corrected chi connectivity index (χ4v) is 5.49. The highest BCUT2D eigenvalue weighted by Gasteiger charge is 2.32. The van der Waals surface area contributed by atoms with Crippen LogP contribution in [0, 0.1) is 0 Å². The van der Waals surface area contributed by atoms with Gasteiger partial charge >= 0.3 is 0 Å². The first-order valence-electron chi connectivity index (χ1n) is 7.21. The van der Waals surface area contributed by atoms with Gasteiger partial charge in [-0.3, -0.25) is 10.5 Å². The van der Waals surface area contributed by atoms with E-state index in [9.17, 15) is 9.36 Å². The zero-order valence-corrected chi connectivity index (χ0v) is 13.2. The molecular formula is C19H15NO2P. The van der Waals surface area contributed by atoms with Crippen molar-refractivity contribution in [2.75, 3.05) is 0 Å². The number of amides is 1. The fourth-order valence-electron chi connectivity index (χ4n) is 2.64. The van der Waals surface area contributed by atoms with Crippen molar-refractivity contribution in [3.63, 3.8) is 0 Å². The van der Waals surface area contributed by atoms with Gasteiger partial charge in [-0.25, -0.2) is 0 Å². The van der Waals surface area contributed by atoms with Gasteiger partial charge < -0.3 is 4.57 Å². The molecule has 0 aromatic heterocycles. The topological polar surface area (TPSA) is 57.9 Å². The number of benzene rings is 3. The van der Waals surface area contributed by atoms with Crippen molar-refractivity contribution in [3.8, 4) is 0 Å². The summed E-state index contributed by atoms with van der Waals surface area (Å²) in [6.45, 7) is 0. The molecule has 3 nitrogen and oxygen atoms in total. The summed E-state index contributed by atoms with van der Waals surface area (Å²) in [7, 11) is -3.21. The molecule has 0 bridgehead atoms.